The van der Waals surface area contributed by atoms with E-state index < -0.39 is 12.0 Å². The number of carbonyl (C=O) groups excluding carboxylic acids is 1. The summed E-state index contributed by atoms with van der Waals surface area (Å²) in [6.45, 7) is 1.40. The molecule has 1 unspecified atom stereocenters. The van der Waals surface area contributed by atoms with Crippen LogP contribution in [0.25, 0.3) is 0 Å². The molecule has 3 nitrogen and oxygen atoms in total. The van der Waals surface area contributed by atoms with E-state index >= 15 is 0 Å². The number of hydrogen-bond acceptors (Lipinski definition) is 3. The molecular weight excluding hydrogens is 202 g/mol. The van der Waals surface area contributed by atoms with Crippen LogP contribution >= 0.6 is 0 Å². The molecule has 2 rings (SSSR count). The first-order valence-corrected chi connectivity index (χ1v) is 5.54. The number of esters is 1. The molecule has 16 heavy (non-hydrogen) atoms. The number of rotatable bonds is 3. The predicted octanol–water partition coefficient (Wildman–Crippen LogP) is 1.82. The van der Waals surface area contributed by atoms with Gasteiger partial charge in [0.1, 0.15) is 6.02 Å². The molecule has 0 bridgehead atoms. The van der Waals surface area contributed by atoms with Crippen molar-refractivity contribution in [1.29, 1.82) is 0 Å². The Kier molecular flexibility index (Phi) is 3.15. The van der Waals surface area contributed by atoms with Gasteiger partial charge < -0.3 is 4.74 Å². The van der Waals surface area contributed by atoms with Gasteiger partial charge in [-0.25, -0.2) is 0 Å². The highest BCUT2D eigenvalue weighted by molar-refractivity contribution is 5.75. The molecule has 1 aromatic rings. The lowest BCUT2D eigenvalue weighted by Crippen LogP contribution is -2.36. The smallest absolute Gasteiger partial charge is 0.323 e. The van der Waals surface area contributed by atoms with Gasteiger partial charge in [0.25, 0.3) is 0 Å². The molecule has 0 aliphatic carbocycles. The van der Waals surface area contributed by atoms with Gasteiger partial charge in [0, 0.05) is 6.54 Å². The van der Waals surface area contributed by atoms with E-state index in [0.717, 1.165) is 18.5 Å². The minimum absolute atomic E-state index is 0.453. The maximum atomic E-state index is 11.7. The van der Waals surface area contributed by atoms with E-state index in [2.05, 4.69) is 0 Å². The van der Waals surface area contributed by atoms with Crippen molar-refractivity contribution in [2.45, 2.75) is 25.4 Å². The SMILES string of the molecule is [2H]C1(C(=O)OC)CCCN1Cc1ccccc1. The van der Waals surface area contributed by atoms with Crippen molar-refractivity contribution >= 4 is 5.97 Å². The maximum Gasteiger partial charge on any atom is 0.323 e. The Balaban J connectivity index is 2.13. The van der Waals surface area contributed by atoms with Crippen molar-refractivity contribution in [2.24, 2.45) is 0 Å². The van der Waals surface area contributed by atoms with Gasteiger partial charge in [0.15, 0.2) is 0 Å². The second kappa shape index (κ2) is 5.12. The molecule has 1 atom stereocenters. The highest BCUT2D eigenvalue weighted by Gasteiger charge is 2.31. The topological polar surface area (TPSA) is 29.5 Å². The second-order valence-corrected chi connectivity index (χ2v) is 3.95. The zero-order chi connectivity index (χ0) is 12.3. The van der Waals surface area contributed by atoms with E-state index in [9.17, 15) is 4.79 Å². The maximum absolute atomic E-state index is 11.7. The number of methoxy groups -OCH3 is 1. The molecule has 0 radical (unpaired) electrons. The number of hydrogen-bond donors (Lipinski definition) is 0. The first-order valence-electron chi connectivity index (χ1n) is 6.04. The van der Waals surface area contributed by atoms with Crippen molar-refractivity contribution in [1.82, 2.24) is 4.90 Å². The summed E-state index contributed by atoms with van der Waals surface area (Å²) in [4.78, 5) is 13.6. The predicted molar refractivity (Wildman–Crippen MR) is 61.9 cm³/mol. The van der Waals surface area contributed by atoms with Gasteiger partial charge in [-0.15, -0.1) is 0 Å². The summed E-state index contributed by atoms with van der Waals surface area (Å²) in [5.74, 6) is -0.453. The highest BCUT2D eigenvalue weighted by Crippen LogP contribution is 2.20. The van der Waals surface area contributed by atoms with E-state index in [-0.39, 0.29) is 0 Å². The molecule has 0 spiro atoms. The first kappa shape index (κ1) is 9.85. The van der Waals surface area contributed by atoms with Crippen LogP contribution in [0.5, 0.6) is 0 Å². The van der Waals surface area contributed by atoms with Crippen LogP contribution in [0.4, 0.5) is 0 Å². The fraction of sp³-hybridized carbons (Fsp3) is 0.462. The van der Waals surface area contributed by atoms with E-state index in [4.69, 9.17) is 6.11 Å². The molecule has 0 N–H and O–H groups in total. The van der Waals surface area contributed by atoms with Crippen molar-refractivity contribution in [2.75, 3.05) is 13.7 Å². The number of likely N-dealkylation sites (tertiary alicyclic amines) is 1. The molecular formula is C13H17NO2. The van der Waals surface area contributed by atoms with E-state index in [1.54, 1.807) is 0 Å². The summed E-state index contributed by atoms with van der Waals surface area (Å²) in [7, 11) is 1.34. The molecule has 0 aromatic heterocycles. The molecule has 1 fully saturated rings. The highest BCUT2D eigenvalue weighted by atomic mass is 16.5. The average molecular weight is 220 g/mol. The van der Waals surface area contributed by atoms with E-state index in [1.165, 1.54) is 7.11 Å². The zero-order valence-corrected chi connectivity index (χ0v) is 9.48. The minimum atomic E-state index is -1.20. The summed E-state index contributed by atoms with van der Waals surface area (Å²) >= 11 is 0. The van der Waals surface area contributed by atoms with Crippen LogP contribution < -0.4 is 0 Å². The fourth-order valence-electron chi connectivity index (χ4n) is 2.06. The Bertz CT molecular complexity index is 396. The average Bonchev–Trinajstić information content (AvgIpc) is 2.72. The third-order valence-electron chi connectivity index (χ3n) is 2.86. The Hall–Kier alpha value is -1.35. The Morgan fingerprint density at radius 1 is 1.56 bits per heavy atom. The monoisotopic (exact) mass is 220 g/mol. The third-order valence-corrected chi connectivity index (χ3v) is 2.86. The summed E-state index contributed by atoms with van der Waals surface area (Å²) < 4.78 is 13.0. The van der Waals surface area contributed by atoms with Crippen molar-refractivity contribution in [3.05, 3.63) is 35.9 Å². The number of nitrogens with zero attached hydrogens (tertiary/aromatic N) is 1. The number of ether oxygens (including phenoxy) is 1. The molecule has 1 aliphatic heterocycles. The molecule has 3 heteroatoms. The molecule has 1 aromatic carbocycles. The lowest BCUT2D eigenvalue weighted by molar-refractivity contribution is -0.146. The first-order chi connectivity index (χ1) is 8.16. The van der Waals surface area contributed by atoms with Crippen LogP contribution in [-0.4, -0.2) is 30.5 Å². The normalized spacial score (nSPS) is 26.4. The largest absolute Gasteiger partial charge is 0.468 e. The van der Waals surface area contributed by atoms with Crippen molar-refractivity contribution in [3.63, 3.8) is 0 Å². The van der Waals surface area contributed by atoms with E-state index in [1.807, 2.05) is 35.2 Å². The van der Waals surface area contributed by atoms with Crippen molar-refractivity contribution in [3.8, 4) is 0 Å². The van der Waals surface area contributed by atoms with Gasteiger partial charge in [-0.2, -0.15) is 0 Å². The van der Waals surface area contributed by atoms with Gasteiger partial charge in [0.2, 0.25) is 0 Å². The molecule has 1 saturated heterocycles. The van der Waals surface area contributed by atoms with Crippen LogP contribution in [0.2, 0.25) is 0 Å². The second-order valence-electron chi connectivity index (χ2n) is 3.95. The number of benzene rings is 1. The molecule has 1 heterocycles. The van der Waals surface area contributed by atoms with Crippen LogP contribution in [0, 0.1) is 0 Å². The Morgan fingerprint density at radius 3 is 3.00 bits per heavy atom. The quantitative estimate of drug-likeness (QED) is 0.728. The van der Waals surface area contributed by atoms with Crippen molar-refractivity contribution < 1.29 is 10.9 Å². The summed E-state index contributed by atoms with van der Waals surface area (Å²) in [5.41, 5.74) is 1.12. The summed E-state index contributed by atoms with van der Waals surface area (Å²) in [6.07, 6.45) is 1.41. The van der Waals surface area contributed by atoms with Gasteiger partial charge in [-0.3, -0.25) is 9.69 Å². The van der Waals surface area contributed by atoms with Gasteiger partial charge in [-0.05, 0) is 24.9 Å². The third kappa shape index (κ3) is 2.42. The summed E-state index contributed by atoms with van der Waals surface area (Å²) in [5, 5.41) is 0. The molecule has 0 amide bonds. The van der Waals surface area contributed by atoms with E-state index in [0.29, 0.717) is 13.0 Å². The van der Waals surface area contributed by atoms with Gasteiger partial charge in [-0.1, -0.05) is 30.3 Å². The minimum Gasteiger partial charge on any atom is -0.468 e. The van der Waals surface area contributed by atoms with Gasteiger partial charge >= 0.3 is 5.97 Å². The standard InChI is InChI=1S/C13H17NO2/c1-16-13(15)12-8-5-9-14(12)10-11-6-3-2-4-7-11/h2-4,6-7,12H,5,8-10H2,1H3/i12D. The summed E-state index contributed by atoms with van der Waals surface area (Å²) in [6, 6.07) is 8.71. The molecule has 0 saturated carbocycles. The van der Waals surface area contributed by atoms with Crippen LogP contribution in [-0.2, 0) is 16.1 Å². The lowest BCUT2D eigenvalue weighted by Gasteiger charge is -2.22. The Morgan fingerprint density at radius 2 is 2.31 bits per heavy atom. The molecule has 86 valence electrons. The van der Waals surface area contributed by atoms with Crippen LogP contribution in [0.15, 0.2) is 30.3 Å². The number of carbonyl (C=O) groups is 1. The lowest BCUT2D eigenvalue weighted by atomic mass is 10.2. The molecule has 1 aliphatic rings. The van der Waals surface area contributed by atoms with Crippen LogP contribution in [0.3, 0.4) is 0 Å². The zero-order valence-electron chi connectivity index (χ0n) is 10.5. The fourth-order valence-corrected chi connectivity index (χ4v) is 2.06. The van der Waals surface area contributed by atoms with Gasteiger partial charge in [0.05, 0.1) is 8.48 Å². The Labute approximate surface area is 97.4 Å². The van der Waals surface area contributed by atoms with Crippen LogP contribution in [0.1, 0.15) is 19.8 Å².